The van der Waals surface area contributed by atoms with Crippen LogP contribution in [-0.2, 0) is 6.18 Å². The molecule has 3 N–H and O–H groups in total. The summed E-state index contributed by atoms with van der Waals surface area (Å²) in [7, 11) is 0. The third-order valence-corrected chi connectivity index (χ3v) is 5.11. The first-order valence-corrected chi connectivity index (χ1v) is 9.98. The first-order valence-electron chi connectivity index (χ1n) is 9.98. The Morgan fingerprint density at radius 1 is 0.935 bits per heavy atom. The summed E-state index contributed by atoms with van der Waals surface area (Å²) in [4.78, 5) is 23.4. The Morgan fingerprint density at radius 2 is 1.55 bits per heavy atom. The van der Waals surface area contributed by atoms with Crippen LogP contribution in [0.2, 0.25) is 0 Å². The van der Waals surface area contributed by atoms with Crippen molar-refractivity contribution in [3.63, 3.8) is 0 Å². The van der Waals surface area contributed by atoms with Gasteiger partial charge in [0.05, 0.1) is 17.4 Å². The lowest BCUT2D eigenvalue weighted by atomic mass is 9.93. The van der Waals surface area contributed by atoms with Crippen molar-refractivity contribution in [1.82, 2.24) is 10.7 Å². The molecule has 1 aliphatic rings. The zero-order chi connectivity index (χ0) is 22.4. The predicted octanol–water partition coefficient (Wildman–Crippen LogP) is 4.92. The number of hydrogen-bond donors (Lipinski definition) is 3. The third-order valence-electron chi connectivity index (χ3n) is 5.11. The molecule has 1 fully saturated rings. The topological polar surface area (TPSA) is 79.5 Å². The van der Waals surface area contributed by atoms with Gasteiger partial charge < -0.3 is 10.1 Å². The van der Waals surface area contributed by atoms with Gasteiger partial charge in [-0.2, -0.15) is 13.2 Å². The molecule has 0 spiro atoms. The van der Waals surface area contributed by atoms with Crippen LogP contribution in [0.5, 0.6) is 5.75 Å². The Bertz CT molecular complexity index is 891. The number of hydrazine groups is 1. The molecule has 0 radical (unpaired) electrons. The number of anilines is 1. The predicted molar refractivity (Wildman–Crippen MR) is 110 cm³/mol. The summed E-state index contributed by atoms with van der Waals surface area (Å²) in [5, 5.41) is 2.84. The van der Waals surface area contributed by atoms with E-state index in [2.05, 4.69) is 16.2 Å². The number of ketones is 1. The van der Waals surface area contributed by atoms with Crippen molar-refractivity contribution in [3.05, 3.63) is 59.7 Å². The highest BCUT2D eigenvalue weighted by Crippen LogP contribution is 2.29. The maximum atomic E-state index is 12.6. The summed E-state index contributed by atoms with van der Waals surface area (Å²) in [5.74, 6) is 0.712. The van der Waals surface area contributed by atoms with E-state index >= 15 is 0 Å². The summed E-state index contributed by atoms with van der Waals surface area (Å²) in [6.45, 7) is 1.51. The summed E-state index contributed by atoms with van der Waals surface area (Å²) < 4.78 is 43.7. The Hall–Kier alpha value is -3.23. The Morgan fingerprint density at radius 3 is 2.10 bits per heavy atom. The highest BCUT2D eigenvalue weighted by atomic mass is 19.4. The van der Waals surface area contributed by atoms with Gasteiger partial charge in [0.25, 0.3) is 0 Å². The fourth-order valence-corrected chi connectivity index (χ4v) is 3.38. The van der Waals surface area contributed by atoms with E-state index in [-0.39, 0.29) is 17.9 Å². The third kappa shape index (κ3) is 6.63. The number of nitrogens with one attached hydrogen (secondary N) is 3. The van der Waals surface area contributed by atoms with E-state index in [1.807, 2.05) is 0 Å². The normalized spacial score (nSPS) is 18.7. The molecule has 31 heavy (non-hydrogen) atoms. The summed E-state index contributed by atoms with van der Waals surface area (Å²) >= 11 is 0. The first kappa shape index (κ1) is 22.5. The maximum Gasteiger partial charge on any atom is 0.416 e. The Kier molecular flexibility index (Phi) is 7.04. The Balaban J connectivity index is 1.38. The van der Waals surface area contributed by atoms with Crippen molar-refractivity contribution in [3.8, 4) is 5.75 Å². The fourth-order valence-electron chi connectivity index (χ4n) is 3.38. The number of urea groups is 1. The van der Waals surface area contributed by atoms with E-state index in [1.165, 1.54) is 19.1 Å². The molecule has 0 heterocycles. The molecule has 0 aliphatic heterocycles. The largest absolute Gasteiger partial charge is 0.490 e. The van der Waals surface area contributed by atoms with Crippen molar-refractivity contribution >= 4 is 17.5 Å². The van der Waals surface area contributed by atoms with Gasteiger partial charge in [0.2, 0.25) is 0 Å². The molecule has 2 aromatic rings. The van der Waals surface area contributed by atoms with Crippen LogP contribution in [0.25, 0.3) is 0 Å². The number of ether oxygens (including phenoxy) is 1. The highest BCUT2D eigenvalue weighted by Gasteiger charge is 2.30. The lowest BCUT2D eigenvalue weighted by Gasteiger charge is -2.29. The van der Waals surface area contributed by atoms with E-state index in [9.17, 15) is 22.8 Å². The molecular formula is C22H24F3N3O3. The van der Waals surface area contributed by atoms with Crippen LogP contribution in [0.3, 0.4) is 0 Å². The monoisotopic (exact) mass is 435 g/mol. The van der Waals surface area contributed by atoms with Crippen molar-refractivity contribution in [1.29, 1.82) is 0 Å². The van der Waals surface area contributed by atoms with Crippen LogP contribution in [0.1, 0.15) is 48.5 Å². The second-order valence-electron chi connectivity index (χ2n) is 7.47. The summed E-state index contributed by atoms with van der Waals surface area (Å²) in [5.41, 5.74) is 5.24. The van der Waals surface area contributed by atoms with E-state index in [0.717, 1.165) is 37.8 Å². The van der Waals surface area contributed by atoms with Crippen molar-refractivity contribution in [2.45, 2.75) is 50.9 Å². The number of amides is 2. The first-order chi connectivity index (χ1) is 14.7. The quantitative estimate of drug-likeness (QED) is 0.444. The van der Waals surface area contributed by atoms with Crippen LogP contribution in [0, 0.1) is 0 Å². The Labute approximate surface area is 178 Å². The molecule has 0 saturated heterocycles. The van der Waals surface area contributed by atoms with Crippen LogP contribution >= 0.6 is 0 Å². The number of Topliss-reactive ketones (excluding diaryl/α,β-unsaturated/α-hetero) is 1. The lowest BCUT2D eigenvalue weighted by Crippen LogP contribution is -2.46. The average Bonchev–Trinajstić information content (AvgIpc) is 2.74. The van der Waals surface area contributed by atoms with Gasteiger partial charge in [-0.1, -0.05) is 0 Å². The SMILES string of the molecule is CC(=O)c1ccc(OC2CCC(NC(=O)NNc3ccc(C(F)(F)F)cc3)CC2)cc1. The molecule has 9 heteroatoms. The fraction of sp³-hybridized carbons (Fsp3) is 0.364. The number of rotatable bonds is 6. The molecule has 166 valence electrons. The minimum absolute atomic E-state index is 0.00391. The van der Waals surface area contributed by atoms with E-state index < -0.39 is 17.8 Å². The summed E-state index contributed by atoms with van der Waals surface area (Å²) in [6.07, 6.45) is -1.34. The molecule has 2 aromatic carbocycles. The molecule has 1 saturated carbocycles. The minimum atomic E-state index is -4.40. The zero-order valence-corrected chi connectivity index (χ0v) is 17.0. The van der Waals surface area contributed by atoms with Crippen LogP contribution in [0.4, 0.5) is 23.7 Å². The zero-order valence-electron chi connectivity index (χ0n) is 17.0. The van der Waals surface area contributed by atoms with Gasteiger partial charge in [-0.15, -0.1) is 0 Å². The molecule has 0 unspecified atom stereocenters. The lowest BCUT2D eigenvalue weighted by molar-refractivity contribution is -0.137. The van der Waals surface area contributed by atoms with Crippen LogP contribution < -0.4 is 20.9 Å². The summed E-state index contributed by atoms with van der Waals surface area (Å²) in [6, 6.07) is 10.9. The maximum absolute atomic E-state index is 12.6. The smallest absolute Gasteiger partial charge is 0.416 e. The number of carbonyl (C=O) groups is 2. The van der Waals surface area contributed by atoms with Gasteiger partial charge in [0.15, 0.2) is 5.78 Å². The molecule has 1 aliphatic carbocycles. The second-order valence-corrected chi connectivity index (χ2v) is 7.47. The van der Waals surface area contributed by atoms with Gasteiger partial charge in [0.1, 0.15) is 5.75 Å². The molecule has 0 atom stereocenters. The highest BCUT2D eigenvalue weighted by molar-refractivity contribution is 5.94. The van der Waals surface area contributed by atoms with Crippen molar-refractivity contribution in [2.24, 2.45) is 0 Å². The van der Waals surface area contributed by atoms with Crippen LogP contribution in [0.15, 0.2) is 48.5 Å². The van der Waals surface area contributed by atoms with Crippen molar-refractivity contribution in [2.75, 3.05) is 5.43 Å². The molecule has 2 amide bonds. The van der Waals surface area contributed by atoms with Gasteiger partial charge in [0, 0.05) is 11.6 Å². The second kappa shape index (κ2) is 9.72. The van der Waals surface area contributed by atoms with Crippen LogP contribution in [-0.4, -0.2) is 24.0 Å². The van der Waals surface area contributed by atoms with Gasteiger partial charge in [-0.25, -0.2) is 4.79 Å². The van der Waals surface area contributed by atoms with E-state index in [1.54, 1.807) is 24.3 Å². The number of alkyl halides is 3. The van der Waals surface area contributed by atoms with E-state index in [0.29, 0.717) is 17.0 Å². The molecule has 3 rings (SSSR count). The minimum Gasteiger partial charge on any atom is -0.490 e. The van der Waals surface area contributed by atoms with Gasteiger partial charge in [-0.05, 0) is 81.1 Å². The average molecular weight is 435 g/mol. The standard InChI is InChI=1S/C22H24F3N3O3/c1-14(29)15-2-10-19(11-3-15)31-20-12-8-17(9-13-20)26-21(30)28-27-18-6-4-16(5-7-18)22(23,24)25/h2-7,10-11,17,20,27H,8-9,12-13H2,1H3,(H2,26,28,30). The van der Waals surface area contributed by atoms with E-state index in [4.69, 9.17) is 4.74 Å². The molecule has 0 aromatic heterocycles. The van der Waals surface area contributed by atoms with Gasteiger partial charge in [-0.3, -0.25) is 15.6 Å². The van der Waals surface area contributed by atoms with Crippen molar-refractivity contribution < 1.29 is 27.5 Å². The number of benzene rings is 2. The number of halogens is 3. The molecule has 0 bridgehead atoms. The van der Waals surface area contributed by atoms with Gasteiger partial charge >= 0.3 is 12.2 Å². The number of carbonyl (C=O) groups excluding carboxylic acids is 2. The molecular weight excluding hydrogens is 411 g/mol. The number of hydrogen-bond acceptors (Lipinski definition) is 4. The molecule has 6 nitrogen and oxygen atoms in total.